The number of nitrogens with zero attached hydrogens (tertiary/aromatic N) is 3. The van der Waals surface area contributed by atoms with Gasteiger partial charge in [0.15, 0.2) is 11.6 Å². The molecule has 0 aliphatic carbocycles. The van der Waals surface area contributed by atoms with Crippen molar-refractivity contribution in [1.82, 2.24) is 14.8 Å². The van der Waals surface area contributed by atoms with Crippen molar-refractivity contribution in [3.63, 3.8) is 0 Å². The first-order valence-electron chi connectivity index (χ1n) is 6.52. The van der Waals surface area contributed by atoms with Crippen LogP contribution in [-0.2, 0) is 0 Å². The van der Waals surface area contributed by atoms with Gasteiger partial charge in [-0.3, -0.25) is 9.59 Å². The van der Waals surface area contributed by atoms with Crippen molar-refractivity contribution in [1.29, 1.82) is 0 Å². The van der Waals surface area contributed by atoms with E-state index < -0.39 is 0 Å². The Balaban J connectivity index is 1.87. The molecule has 110 valence electrons. The van der Waals surface area contributed by atoms with Crippen LogP contribution >= 0.6 is 11.3 Å². The van der Waals surface area contributed by atoms with Gasteiger partial charge >= 0.3 is 0 Å². The third kappa shape index (κ3) is 2.79. The summed E-state index contributed by atoms with van der Waals surface area (Å²) in [4.78, 5) is 28.9. The maximum Gasteiger partial charge on any atom is 0.265 e. The van der Waals surface area contributed by atoms with E-state index in [1.165, 1.54) is 18.3 Å². The molecule has 3 aromatic rings. The van der Waals surface area contributed by atoms with Gasteiger partial charge in [0.05, 0.1) is 15.4 Å². The summed E-state index contributed by atoms with van der Waals surface area (Å²) in [5.74, 6) is 0.200. The second-order valence-corrected chi connectivity index (χ2v) is 5.58. The third-order valence-electron chi connectivity index (χ3n) is 2.93. The Morgan fingerprint density at radius 3 is 2.64 bits per heavy atom. The summed E-state index contributed by atoms with van der Waals surface area (Å²) >= 11 is 1.17. The molecule has 0 saturated carbocycles. The SMILES string of the molecule is CC(=O)c1ccc(C(=O)Nc2cccnc2-n2cccn2)s1. The summed E-state index contributed by atoms with van der Waals surface area (Å²) in [6, 6.07) is 8.55. The van der Waals surface area contributed by atoms with Crippen molar-refractivity contribution in [3.8, 4) is 5.82 Å². The highest BCUT2D eigenvalue weighted by Crippen LogP contribution is 2.21. The number of amides is 1. The van der Waals surface area contributed by atoms with Gasteiger partial charge in [0, 0.05) is 18.6 Å². The normalized spacial score (nSPS) is 10.4. The number of anilines is 1. The molecule has 0 atom stereocenters. The minimum Gasteiger partial charge on any atom is -0.318 e. The summed E-state index contributed by atoms with van der Waals surface area (Å²) < 4.78 is 1.57. The number of thiophene rings is 1. The van der Waals surface area contributed by atoms with Gasteiger partial charge < -0.3 is 5.32 Å². The van der Waals surface area contributed by atoms with Crippen LogP contribution in [0, 0.1) is 0 Å². The summed E-state index contributed by atoms with van der Waals surface area (Å²) in [6.07, 6.45) is 5.02. The van der Waals surface area contributed by atoms with Crippen molar-refractivity contribution in [3.05, 3.63) is 58.7 Å². The lowest BCUT2D eigenvalue weighted by Gasteiger charge is -2.09. The Labute approximate surface area is 130 Å². The van der Waals surface area contributed by atoms with Crippen LogP contribution in [0.1, 0.15) is 26.3 Å². The van der Waals surface area contributed by atoms with Gasteiger partial charge in [-0.05, 0) is 37.3 Å². The van der Waals surface area contributed by atoms with E-state index in [0.717, 1.165) is 0 Å². The predicted molar refractivity (Wildman–Crippen MR) is 83.6 cm³/mol. The highest BCUT2D eigenvalue weighted by Gasteiger charge is 2.14. The summed E-state index contributed by atoms with van der Waals surface area (Å²) in [7, 11) is 0. The molecule has 3 aromatic heterocycles. The van der Waals surface area contributed by atoms with Crippen molar-refractivity contribution in [2.24, 2.45) is 0 Å². The monoisotopic (exact) mass is 312 g/mol. The minimum absolute atomic E-state index is 0.0531. The van der Waals surface area contributed by atoms with E-state index in [4.69, 9.17) is 0 Å². The Morgan fingerprint density at radius 1 is 1.14 bits per heavy atom. The predicted octanol–water partition coefficient (Wildman–Crippen LogP) is 2.78. The standard InChI is InChI=1S/C15H12N4O2S/c1-10(20)12-5-6-13(22-12)15(21)18-11-4-2-7-16-14(11)19-9-3-8-17-19/h2-9H,1H3,(H,18,21). The molecule has 0 aliphatic heterocycles. The second kappa shape index (κ2) is 5.90. The lowest BCUT2D eigenvalue weighted by Crippen LogP contribution is -2.13. The molecule has 6 nitrogen and oxygen atoms in total. The molecule has 7 heteroatoms. The number of aromatic nitrogens is 3. The molecule has 0 fully saturated rings. The molecule has 0 spiro atoms. The summed E-state index contributed by atoms with van der Waals surface area (Å²) in [6.45, 7) is 1.48. The smallest absolute Gasteiger partial charge is 0.265 e. The Morgan fingerprint density at radius 2 is 1.95 bits per heavy atom. The van der Waals surface area contributed by atoms with Crippen molar-refractivity contribution in [2.45, 2.75) is 6.92 Å². The molecule has 3 rings (SSSR count). The van der Waals surface area contributed by atoms with E-state index in [2.05, 4.69) is 15.4 Å². The largest absolute Gasteiger partial charge is 0.318 e. The fourth-order valence-corrected chi connectivity index (χ4v) is 2.70. The van der Waals surface area contributed by atoms with Crippen LogP contribution in [-0.4, -0.2) is 26.5 Å². The summed E-state index contributed by atoms with van der Waals surface area (Å²) in [5, 5.41) is 6.92. The fourth-order valence-electron chi connectivity index (χ4n) is 1.90. The number of Topliss-reactive ketones (excluding diaryl/α,β-unsaturated/α-hetero) is 1. The molecule has 0 saturated heterocycles. The average molecular weight is 312 g/mol. The number of ketones is 1. The number of nitrogens with one attached hydrogen (secondary N) is 1. The number of pyridine rings is 1. The fraction of sp³-hybridized carbons (Fsp3) is 0.0667. The Kier molecular flexibility index (Phi) is 3.80. The molecule has 3 heterocycles. The topological polar surface area (TPSA) is 76.9 Å². The van der Waals surface area contributed by atoms with Crippen LogP contribution in [0.2, 0.25) is 0 Å². The molecule has 0 aliphatic rings. The van der Waals surface area contributed by atoms with Gasteiger partial charge in [-0.1, -0.05) is 0 Å². The van der Waals surface area contributed by atoms with Crippen molar-refractivity contribution < 1.29 is 9.59 Å². The lowest BCUT2D eigenvalue weighted by molar-refractivity contribution is 0.101. The number of hydrogen-bond donors (Lipinski definition) is 1. The maximum atomic E-state index is 12.3. The number of carbonyl (C=O) groups excluding carboxylic acids is 2. The lowest BCUT2D eigenvalue weighted by atomic mass is 10.3. The molecule has 1 amide bonds. The molecular formula is C15H12N4O2S. The molecule has 0 unspecified atom stereocenters. The Hall–Kier alpha value is -2.80. The van der Waals surface area contributed by atoms with Gasteiger partial charge in [0.2, 0.25) is 0 Å². The Bertz CT molecular complexity index is 824. The second-order valence-electron chi connectivity index (χ2n) is 4.50. The highest BCUT2D eigenvalue weighted by atomic mass is 32.1. The third-order valence-corrected chi connectivity index (χ3v) is 4.12. The van der Waals surface area contributed by atoms with Crippen LogP contribution in [0.5, 0.6) is 0 Å². The number of hydrogen-bond acceptors (Lipinski definition) is 5. The van der Waals surface area contributed by atoms with Gasteiger partial charge in [-0.25, -0.2) is 9.67 Å². The summed E-state index contributed by atoms with van der Waals surface area (Å²) in [5.41, 5.74) is 0.550. The van der Waals surface area contributed by atoms with E-state index in [0.29, 0.717) is 21.3 Å². The number of rotatable bonds is 4. The molecular weight excluding hydrogens is 300 g/mol. The molecule has 0 aromatic carbocycles. The van der Waals surface area contributed by atoms with Crippen LogP contribution in [0.25, 0.3) is 5.82 Å². The maximum absolute atomic E-state index is 12.3. The average Bonchev–Trinajstić information content (AvgIpc) is 3.19. The minimum atomic E-state index is -0.279. The zero-order valence-electron chi connectivity index (χ0n) is 11.7. The van der Waals surface area contributed by atoms with E-state index in [1.807, 2.05) is 0 Å². The van der Waals surface area contributed by atoms with Gasteiger partial charge in [0.25, 0.3) is 5.91 Å². The molecule has 0 radical (unpaired) electrons. The quantitative estimate of drug-likeness (QED) is 0.752. The van der Waals surface area contributed by atoms with E-state index in [-0.39, 0.29) is 11.7 Å². The van der Waals surface area contributed by atoms with Crippen molar-refractivity contribution >= 4 is 28.7 Å². The van der Waals surface area contributed by atoms with Gasteiger partial charge in [-0.2, -0.15) is 5.10 Å². The molecule has 0 bridgehead atoms. The number of carbonyl (C=O) groups is 2. The molecule has 1 N–H and O–H groups in total. The zero-order valence-corrected chi connectivity index (χ0v) is 12.5. The van der Waals surface area contributed by atoms with E-state index in [1.54, 1.807) is 53.6 Å². The first-order valence-corrected chi connectivity index (χ1v) is 7.34. The first kappa shape index (κ1) is 14.2. The van der Waals surface area contributed by atoms with E-state index >= 15 is 0 Å². The van der Waals surface area contributed by atoms with Crippen LogP contribution in [0.4, 0.5) is 5.69 Å². The van der Waals surface area contributed by atoms with Crippen molar-refractivity contribution in [2.75, 3.05) is 5.32 Å². The zero-order chi connectivity index (χ0) is 15.5. The van der Waals surface area contributed by atoms with Crippen LogP contribution in [0.3, 0.4) is 0 Å². The highest BCUT2D eigenvalue weighted by molar-refractivity contribution is 7.16. The van der Waals surface area contributed by atoms with Crippen LogP contribution < -0.4 is 5.32 Å². The van der Waals surface area contributed by atoms with Gasteiger partial charge in [-0.15, -0.1) is 11.3 Å². The van der Waals surface area contributed by atoms with E-state index in [9.17, 15) is 9.59 Å². The molecule has 22 heavy (non-hydrogen) atoms. The first-order chi connectivity index (χ1) is 10.6. The van der Waals surface area contributed by atoms with Gasteiger partial charge in [0.1, 0.15) is 0 Å². The van der Waals surface area contributed by atoms with Crippen LogP contribution in [0.15, 0.2) is 48.9 Å².